The van der Waals surface area contributed by atoms with Crippen molar-refractivity contribution in [1.82, 2.24) is 0 Å². The quantitative estimate of drug-likeness (QED) is 0.735. The molecular weight excluding hydrogens is 194 g/mol. The largest absolute Gasteiger partial charge is 0.508 e. The molecule has 0 aliphatic heterocycles. The lowest BCUT2D eigenvalue weighted by Crippen LogP contribution is -2.16. The summed E-state index contributed by atoms with van der Waals surface area (Å²) < 4.78 is 4.51. The monoisotopic (exact) mass is 209 g/mol. The van der Waals surface area contributed by atoms with Crippen molar-refractivity contribution in [3.8, 4) is 5.75 Å². The van der Waals surface area contributed by atoms with Crippen molar-refractivity contribution in [3.63, 3.8) is 0 Å². The lowest BCUT2D eigenvalue weighted by Gasteiger charge is -2.11. The van der Waals surface area contributed by atoms with Gasteiger partial charge in [-0.25, -0.2) is 0 Å². The second-order valence-electron chi connectivity index (χ2n) is 3.43. The molecule has 0 bridgehead atoms. The van der Waals surface area contributed by atoms with Crippen LogP contribution in [0.2, 0.25) is 0 Å². The number of phenols is 1. The normalized spacial score (nSPS) is 12.2. The summed E-state index contributed by atoms with van der Waals surface area (Å²) in [6, 6.07) is 4.69. The van der Waals surface area contributed by atoms with Crippen molar-refractivity contribution in [2.45, 2.75) is 19.4 Å². The van der Waals surface area contributed by atoms with E-state index in [4.69, 9.17) is 5.73 Å². The van der Waals surface area contributed by atoms with Gasteiger partial charge in [-0.3, -0.25) is 4.79 Å². The zero-order chi connectivity index (χ0) is 11.4. The number of hydrogen-bond donors (Lipinski definition) is 2. The van der Waals surface area contributed by atoms with E-state index in [1.54, 1.807) is 25.1 Å². The summed E-state index contributed by atoms with van der Waals surface area (Å²) in [4.78, 5) is 11.0. The van der Waals surface area contributed by atoms with Gasteiger partial charge in [-0.2, -0.15) is 0 Å². The van der Waals surface area contributed by atoms with Gasteiger partial charge < -0.3 is 15.6 Å². The molecule has 4 heteroatoms. The van der Waals surface area contributed by atoms with E-state index in [9.17, 15) is 9.90 Å². The molecule has 0 amide bonds. The standard InChI is InChI=1S/C11H15NO3/c1-7-3-4-8(5-10(7)13)9(12)6-11(14)15-2/h3-5,9,13H,6,12H2,1-2H3. The first kappa shape index (κ1) is 11.5. The van der Waals surface area contributed by atoms with Gasteiger partial charge in [-0.05, 0) is 24.1 Å². The number of ether oxygens (including phenoxy) is 1. The first-order valence-electron chi connectivity index (χ1n) is 4.66. The Bertz CT molecular complexity index is 363. The van der Waals surface area contributed by atoms with Crippen LogP contribution >= 0.6 is 0 Å². The van der Waals surface area contributed by atoms with Crippen LogP contribution in [0.3, 0.4) is 0 Å². The molecule has 0 radical (unpaired) electrons. The zero-order valence-corrected chi connectivity index (χ0v) is 8.86. The third-order valence-corrected chi connectivity index (χ3v) is 2.28. The van der Waals surface area contributed by atoms with Crippen LogP contribution in [-0.4, -0.2) is 18.2 Å². The predicted molar refractivity (Wildman–Crippen MR) is 56.4 cm³/mol. The van der Waals surface area contributed by atoms with Crippen LogP contribution in [0, 0.1) is 6.92 Å². The molecule has 0 aliphatic rings. The van der Waals surface area contributed by atoms with Crippen LogP contribution in [0.5, 0.6) is 5.75 Å². The molecule has 0 fully saturated rings. The Morgan fingerprint density at radius 1 is 1.60 bits per heavy atom. The van der Waals surface area contributed by atoms with Crippen LogP contribution in [0.15, 0.2) is 18.2 Å². The Labute approximate surface area is 88.7 Å². The van der Waals surface area contributed by atoms with Crippen LogP contribution in [0.4, 0.5) is 0 Å². The SMILES string of the molecule is COC(=O)CC(N)c1ccc(C)c(O)c1. The molecule has 0 aliphatic carbocycles. The smallest absolute Gasteiger partial charge is 0.307 e. The minimum atomic E-state index is -0.441. The molecule has 0 heterocycles. The van der Waals surface area contributed by atoms with Crippen LogP contribution in [0.1, 0.15) is 23.6 Å². The molecule has 1 unspecified atom stereocenters. The van der Waals surface area contributed by atoms with Crippen molar-refractivity contribution in [2.24, 2.45) is 5.73 Å². The molecule has 1 rings (SSSR count). The highest BCUT2D eigenvalue weighted by atomic mass is 16.5. The number of carbonyl (C=O) groups is 1. The average Bonchev–Trinajstić information content (AvgIpc) is 2.21. The van der Waals surface area contributed by atoms with E-state index in [1.807, 2.05) is 0 Å². The van der Waals surface area contributed by atoms with Gasteiger partial charge in [0.25, 0.3) is 0 Å². The van der Waals surface area contributed by atoms with Gasteiger partial charge in [-0.1, -0.05) is 12.1 Å². The van der Waals surface area contributed by atoms with Gasteiger partial charge in [0.2, 0.25) is 0 Å². The average molecular weight is 209 g/mol. The molecule has 3 N–H and O–H groups in total. The van der Waals surface area contributed by atoms with Crippen LogP contribution in [0.25, 0.3) is 0 Å². The lowest BCUT2D eigenvalue weighted by atomic mass is 10.0. The Hall–Kier alpha value is -1.55. The maximum absolute atomic E-state index is 11.0. The topological polar surface area (TPSA) is 72.5 Å². The summed E-state index contributed by atoms with van der Waals surface area (Å²) in [7, 11) is 1.32. The Morgan fingerprint density at radius 2 is 2.27 bits per heavy atom. The van der Waals surface area contributed by atoms with Crippen molar-refractivity contribution < 1.29 is 14.6 Å². The molecule has 0 spiro atoms. The summed E-state index contributed by atoms with van der Waals surface area (Å²) in [5.74, 6) is -0.171. The highest BCUT2D eigenvalue weighted by Crippen LogP contribution is 2.22. The van der Waals surface area contributed by atoms with E-state index in [2.05, 4.69) is 4.74 Å². The number of aryl methyl sites for hydroxylation is 1. The second-order valence-corrected chi connectivity index (χ2v) is 3.43. The highest BCUT2D eigenvalue weighted by molar-refractivity contribution is 5.70. The Morgan fingerprint density at radius 3 is 2.80 bits per heavy atom. The summed E-state index contributed by atoms with van der Waals surface area (Å²) in [5.41, 5.74) is 7.29. The van der Waals surface area contributed by atoms with E-state index in [0.29, 0.717) is 0 Å². The van der Waals surface area contributed by atoms with Crippen molar-refractivity contribution in [1.29, 1.82) is 0 Å². The minimum absolute atomic E-state index is 0.110. The number of benzene rings is 1. The molecule has 0 saturated carbocycles. The molecule has 1 aromatic carbocycles. The number of rotatable bonds is 3. The van der Waals surface area contributed by atoms with E-state index in [-0.39, 0.29) is 18.1 Å². The summed E-state index contributed by atoms with van der Waals surface area (Å²) in [6.45, 7) is 1.80. The minimum Gasteiger partial charge on any atom is -0.508 e. The van der Waals surface area contributed by atoms with Crippen LogP contribution < -0.4 is 5.73 Å². The number of esters is 1. The first-order valence-corrected chi connectivity index (χ1v) is 4.66. The van der Waals surface area contributed by atoms with Crippen molar-refractivity contribution >= 4 is 5.97 Å². The molecule has 0 saturated heterocycles. The van der Waals surface area contributed by atoms with Crippen molar-refractivity contribution in [3.05, 3.63) is 29.3 Å². The van der Waals surface area contributed by atoms with E-state index in [0.717, 1.165) is 11.1 Å². The Kier molecular flexibility index (Phi) is 3.68. The fraction of sp³-hybridized carbons (Fsp3) is 0.364. The molecule has 1 atom stereocenters. The fourth-order valence-electron chi connectivity index (χ4n) is 1.24. The summed E-state index contributed by atoms with van der Waals surface area (Å²) in [6.07, 6.45) is 0.110. The van der Waals surface area contributed by atoms with Gasteiger partial charge in [-0.15, -0.1) is 0 Å². The van der Waals surface area contributed by atoms with Gasteiger partial charge >= 0.3 is 5.97 Å². The summed E-state index contributed by atoms with van der Waals surface area (Å²) >= 11 is 0. The number of aromatic hydroxyl groups is 1. The van der Waals surface area contributed by atoms with E-state index in [1.165, 1.54) is 7.11 Å². The number of phenolic OH excluding ortho intramolecular Hbond substituents is 1. The zero-order valence-electron chi connectivity index (χ0n) is 8.86. The predicted octanol–water partition coefficient (Wildman–Crippen LogP) is 1.26. The third kappa shape index (κ3) is 2.95. The number of hydrogen-bond acceptors (Lipinski definition) is 4. The van der Waals surface area contributed by atoms with Gasteiger partial charge in [0, 0.05) is 6.04 Å². The number of nitrogens with two attached hydrogens (primary N) is 1. The van der Waals surface area contributed by atoms with Crippen LogP contribution in [-0.2, 0) is 9.53 Å². The van der Waals surface area contributed by atoms with E-state index < -0.39 is 6.04 Å². The molecular formula is C11H15NO3. The molecule has 1 aromatic rings. The maximum atomic E-state index is 11.0. The van der Waals surface area contributed by atoms with E-state index >= 15 is 0 Å². The molecule has 82 valence electrons. The maximum Gasteiger partial charge on any atom is 0.307 e. The first-order chi connectivity index (χ1) is 7.04. The fourth-order valence-corrected chi connectivity index (χ4v) is 1.24. The van der Waals surface area contributed by atoms with Gasteiger partial charge in [0.1, 0.15) is 5.75 Å². The van der Waals surface area contributed by atoms with Gasteiger partial charge in [0.05, 0.1) is 13.5 Å². The highest BCUT2D eigenvalue weighted by Gasteiger charge is 2.12. The number of carbonyl (C=O) groups excluding carboxylic acids is 1. The molecule has 15 heavy (non-hydrogen) atoms. The third-order valence-electron chi connectivity index (χ3n) is 2.28. The second kappa shape index (κ2) is 4.79. The Balaban J connectivity index is 2.78. The summed E-state index contributed by atoms with van der Waals surface area (Å²) in [5, 5.41) is 9.47. The molecule has 4 nitrogen and oxygen atoms in total. The van der Waals surface area contributed by atoms with Crippen molar-refractivity contribution in [2.75, 3.05) is 7.11 Å². The molecule has 0 aromatic heterocycles. The van der Waals surface area contributed by atoms with Gasteiger partial charge in [0.15, 0.2) is 0 Å². The lowest BCUT2D eigenvalue weighted by molar-refractivity contribution is -0.141. The number of methoxy groups -OCH3 is 1.